The van der Waals surface area contributed by atoms with Crippen molar-refractivity contribution in [3.8, 4) is 17.0 Å². The summed E-state index contributed by atoms with van der Waals surface area (Å²) in [6.07, 6.45) is 0. The molecule has 1 aromatic carbocycles. The van der Waals surface area contributed by atoms with Crippen LogP contribution in [0.15, 0.2) is 24.3 Å². The van der Waals surface area contributed by atoms with Crippen LogP contribution in [0.3, 0.4) is 0 Å². The fourth-order valence-electron chi connectivity index (χ4n) is 1.98. The maximum absolute atomic E-state index is 12.2. The van der Waals surface area contributed by atoms with Crippen LogP contribution >= 0.6 is 11.3 Å². The molecule has 0 atom stereocenters. The number of carboxylic acids is 1. The van der Waals surface area contributed by atoms with E-state index in [0.29, 0.717) is 11.3 Å². The predicted octanol–water partition coefficient (Wildman–Crippen LogP) is 3.05. The van der Waals surface area contributed by atoms with E-state index >= 15 is 0 Å². The van der Waals surface area contributed by atoms with Crippen molar-refractivity contribution in [3.05, 3.63) is 34.2 Å². The Balaban J connectivity index is 2.52. The molecular formula is C16H18N2O4S. The molecule has 0 fully saturated rings. The van der Waals surface area contributed by atoms with Gasteiger partial charge in [-0.05, 0) is 32.9 Å². The average molecular weight is 334 g/mol. The Morgan fingerprint density at radius 1 is 1.26 bits per heavy atom. The molecule has 0 bridgehead atoms. The molecule has 0 aliphatic heterocycles. The largest absolute Gasteiger partial charge is 0.496 e. The van der Waals surface area contributed by atoms with Gasteiger partial charge in [-0.15, -0.1) is 11.3 Å². The molecule has 1 heterocycles. The zero-order chi connectivity index (χ0) is 17.2. The van der Waals surface area contributed by atoms with Gasteiger partial charge in [0.05, 0.1) is 7.11 Å². The number of aromatic nitrogens is 1. The fourth-order valence-corrected chi connectivity index (χ4v) is 2.79. The Labute approximate surface area is 138 Å². The number of methoxy groups -OCH3 is 1. The molecule has 2 N–H and O–H groups in total. The lowest BCUT2D eigenvalue weighted by Gasteiger charge is -2.19. The van der Waals surface area contributed by atoms with E-state index in [2.05, 4.69) is 10.3 Å². The van der Waals surface area contributed by atoms with Gasteiger partial charge in [0.25, 0.3) is 5.91 Å². The summed E-state index contributed by atoms with van der Waals surface area (Å²) in [4.78, 5) is 28.0. The van der Waals surface area contributed by atoms with Gasteiger partial charge in [-0.2, -0.15) is 0 Å². The van der Waals surface area contributed by atoms with Gasteiger partial charge < -0.3 is 15.2 Å². The Morgan fingerprint density at radius 3 is 2.48 bits per heavy atom. The third-order valence-corrected chi connectivity index (χ3v) is 3.91. The fraction of sp³-hybridized carbons (Fsp3) is 0.312. The summed E-state index contributed by atoms with van der Waals surface area (Å²) in [7, 11) is 1.50. The van der Waals surface area contributed by atoms with E-state index in [4.69, 9.17) is 4.74 Å². The molecular weight excluding hydrogens is 316 g/mol. The van der Waals surface area contributed by atoms with Gasteiger partial charge in [0, 0.05) is 11.1 Å². The first-order valence-corrected chi connectivity index (χ1v) is 7.74. The van der Waals surface area contributed by atoms with Crippen molar-refractivity contribution in [3.63, 3.8) is 0 Å². The van der Waals surface area contributed by atoms with E-state index in [1.165, 1.54) is 7.11 Å². The molecule has 0 radical (unpaired) electrons. The summed E-state index contributed by atoms with van der Waals surface area (Å²) in [5.41, 5.74) is 0.342. The van der Waals surface area contributed by atoms with Crippen molar-refractivity contribution < 1.29 is 19.4 Å². The molecule has 0 saturated heterocycles. The first-order valence-electron chi connectivity index (χ1n) is 6.93. The van der Waals surface area contributed by atoms with Gasteiger partial charge in [0.15, 0.2) is 5.01 Å². The monoisotopic (exact) mass is 334 g/mol. The number of para-hydroxylation sites is 1. The van der Waals surface area contributed by atoms with Gasteiger partial charge >= 0.3 is 5.97 Å². The minimum atomic E-state index is -1.13. The van der Waals surface area contributed by atoms with E-state index in [9.17, 15) is 14.7 Å². The Morgan fingerprint density at radius 2 is 1.91 bits per heavy atom. The first kappa shape index (κ1) is 17.0. The third-order valence-electron chi connectivity index (χ3n) is 2.87. The highest BCUT2D eigenvalue weighted by Gasteiger charge is 2.25. The molecule has 0 aliphatic carbocycles. The molecule has 0 spiro atoms. The molecule has 0 unspecified atom stereocenters. The highest BCUT2D eigenvalue weighted by Crippen LogP contribution is 2.34. The van der Waals surface area contributed by atoms with Gasteiger partial charge in [-0.1, -0.05) is 12.1 Å². The van der Waals surface area contributed by atoms with Crippen LogP contribution in [0.1, 0.15) is 40.2 Å². The van der Waals surface area contributed by atoms with Crippen LogP contribution in [0.4, 0.5) is 0 Å². The molecule has 2 rings (SSSR count). The van der Waals surface area contributed by atoms with Crippen LogP contribution in [0, 0.1) is 0 Å². The third kappa shape index (κ3) is 3.87. The van der Waals surface area contributed by atoms with Gasteiger partial charge in [0.1, 0.15) is 16.3 Å². The van der Waals surface area contributed by atoms with Crippen molar-refractivity contribution in [2.24, 2.45) is 0 Å². The van der Waals surface area contributed by atoms with Crippen molar-refractivity contribution >= 4 is 23.2 Å². The second-order valence-electron chi connectivity index (χ2n) is 5.91. The molecule has 2 aromatic rings. The second kappa shape index (κ2) is 6.37. The second-order valence-corrected chi connectivity index (χ2v) is 6.91. The number of aromatic carboxylic acids is 1. The van der Waals surface area contributed by atoms with E-state index < -0.39 is 17.4 Å². The van der Waals surface area contributed by atoms with Crippen molar-refractivity contribution in [1.82, 2.24) is 10.3 Å². The number of thiazole rings is 1. The number of ether oxygens (including phenoxy) is 1. The normalized spacial score (nSPS) is 11.1. The van der Waals surface area contributed by atoms with Gasteiger partial charge in [-0.3, -0.25) is 4.79 Å². The number of benzene rings is 1. The average Bonchev–Trinajstić information content (AvgIpc) is 2.90. The van der Waals surface area contributed by atoms with Crippen LogP contribution in [0.5, 0.6) is 5.75 Å². The minimum absolute atomic E-state index is 0.00793. The Hall–Kier alpha value is -2.41. The molecule has 1 amide bonds. The van der Waals surface area contributed by atoms with E-state index in [1.54, 1.807) is 24.3 Å². The van der Waals surface area contributed by atoms with Crippen molar-refractivity contribution in [2.45, 2.75) is 26.3 Å². The minimum Gasteiger partial charge on any atom is -0.496 e. The standard InChI is InChI=1S/C16H18N2O4S/c1-16(2,3)18-13(19)14-17-11(12(23-14)15(20)21)9-7-5-6-8-10(9)22-4/h5-8H,1-4H3,(H,18,19)(H,20,21). The molecule has 122 valence electrons. The van der Waals surface area contributed by atoms with Crippen molar-refractivity contribution in [1.29, 1.82) is 0 Å². The lowest BCUT2D eigenvalue weighted by molar-refractivity contribution is 0.0702. The van der Waals surface area contributed by atoms with Gasteiger partial charge in [0.2, 0.25) is 0 Å². The number of rotatable bonds is 4. The van der Waals surface area contributed by atoms with Crippen molar-refractivity contribution in [2.75, 3.05) is 7.11 Å². The molecule has 0 saturated carbocycles. The van der Waals surface area contributed by atoms with Crippen LogP contribution < -0.4 is 10.1 Å². The maximum atomic E-state index is 12.2. The van der Waals surface area contributed by atoms with E-state index in [-0.39, 0.29) is 15.6 Å². The van der Waals surface area contributed by atoms with E-state index in [0.717, 1.165) is 11.3 Å². The van der Waals surface area contributed by atoms with Crippen LogP contribution in [0.2, 0.25) is 0 Å². The highest BCUT2D eigenvalue weighted by molar-refractivity contribution is 7.16. The molecule has 0 aliphatic rings. The lowest BCUT2D eigenvalue weighted by atomic mass is 10.1. The smallest absolute Gasteiger partial charge is 0.348 e. The summed E-state index contributed by atoms with van der Waals surface area (Å²) in [5, 5.41) is 12.3. The number of nitrogens with one attached hydrogen (secondary N) is 1. The number of amides is 1. The van der Waals surface area contributed by atoms with Crippen LogP contribution in [-0.2, 0) is 0 Å². The Kier molecular flexibility index (Phi) is 4.70. The molecule has 23 heavy (non-hydrogen) atoms. The number of carbonyl (C=O) groups excluding carboxylic acids is 1. The SMILES string of the molecule is COc1ccccc1-c1nc(C(=O)NC(C)(C)C)sc1C(=O)O. The van der Waals surface area contributed by atoms with Crippen LogP contribution in [0.25, 0.3) is 11.3 Å². The molecule has 6 nitrogen and oxygen atoms in total. The van der Waals surface area contributed by atoms with Crippen LogP contribution in [-0.4, -0.2) is 34.6 Å². The number of hydrogen-bond acceptors (Lipinski definition) is 5. The molecule has 1 aromatic heterocycles. The highest BCUT2D eigenvalue weighted by atomic mass is 32.1. The quantitative estimate of drug-likeness (QED) is 0.897. The number of carbonyl (C=O) groups is 2. The summed E-state index contributed by atoms with van der Waals surface area (Å²) < 4.78 is 5.26. The number of hydrogen-bond donors (Lipinski definition) is 2. The Bertz CT molecular complexity index is 747. The van der Waals surface area contributed by atoms with E-state index in [1.807, 2.05) is 20.8 Å². The zero-order valence-corrected chi connectivity index (χ0v) is 14.2. The maximum Gasteiger partial charge on any atom is 0.348 e. The zero-order valence-electron chi connectivity index (χ0n) is 13.3. The number of carboxylic acid groups (broad SMARTS) is 1. The summed E-state index contributed by atoms with van der Waals surface area (Å²) in [5.74, 6) is -1.02. The summed E-state index contributed by atoms with van der Waals surface area (Å²) in [6, 6.07) is 6.97. The predicted molar refractivity (Wildman–Crippen MR) is 88.3 cm³/mol. The molecule has 7 heteroatoms. The summed E-state index contributed by atoms with van der Waals surface area (Å²) in [6.45, 7) is 5.53. The topological polar surface area (TPSA) is 88.5 Å². The van der Waals surface area contributed by atoms with Gasteiger partial charge in [-0.25, -0.2) is 9.78 Å². The first-order chi connectivity index (χ1) is 10.7. The summed E-state index contributed by atoms with van der Waals surface area (Å²) >= 11 is 0.852. The number of nitrogens with zero attached hydrogens (tertiary/aromatic N) is 1. The lowest BCUT2D eigenvalue weighted by Crippen LogP contribution is -2.40.